The highest BCUT2D eigenvalue weighted by Crippen LogP contribution is 2.19. The third kappa shape index (κ3) is 3.82. The molecule has 0 fully saturated rings. The molecule has 21 heavy (non-hydrogen) atoms. The molecule has 0 aliphatic rings. The molecule has 0 saturated carbocycles. The molecule has 0 atom stereocenters. The van der Waals surface area contributed by atoms with Gasteiger partial charge in [0, 0.05) is 25.5 Å². The van der Waals surface area contributed by atoms with Crippen LogP contribution in [0, 0.1) is 0 Å². The molecule has 2 N–H and O–H groups in total. The average molecular weight is 288 g/mol. The van der Waals surface area contributed by atoms with Crippen molar-refractivity contribution in [1.29, 1.82) is 0 Å². The molecule has 6 nitrogen and oxygen atoms in total. The number of aliphatic hydroxyl groups excluding tert-OH is 1. The number of carbonyl (C=O) groups excluding carboxylic acids is 1. The number of benzene rings is 1. The van der Waals surface area contributed by atoms with E-state index in [-0.39, 0.29) is 12.6 Å². The van der Waals surface area contributed by atoms with Crippen molar-refractivity contribution in [2.45, 2.75) is 13.3 Å². The Hall–Kier alpha value is -2.34. The molecule has 2 rings (SSSR count). The molecule has 0 saturated heterocycles. The molecule has 0 aliphatic carbocycles. The summed E-state index contributed by atoms with van der Waals surface area (Å²) < 4.78 is 1.70. The summed E-state index contributed by atoms with van der Waals surface area (Å²) in [5.74, 6) is 0. The predicted molar refractivity (Wildman–Crippen MR) is 81.5 cm³/mol. The van der Waals surface area contributed by atoms with Crippen LogP contribution in [-0.4, -0.2) is 45.5 Å². The molecule has 0 unspecified atom stereocenters. The van der Waals surface area contributed by atoms with Gasteiger partial charge in [-0.1, -0.05) is 19.1 Å². The highest BCUT2D eigenvalue weighted by molar-refractivity contribution is 5.91. The molecule has 0 aliphatic heterocycles. The molecule has 0 bridgehead atoms. The monoisotopic (exact) mass is 288 g/mol. The van der Waals surface area contributed by atoms with Crippen LogP contribution in [-0.2, 0) is 0 Å². The summed E-state index contributed by atoms with van der Waals surface area (Å²) in [7, 11) is 0. The summed E-state index contributed by atoms with van der Waals surface area (Å²) in [6.07, 6.45) is 4.35. The summed E-state index contributed by atoms with van der Waals surface area (Å²) in [6, 6.07) is 9.08. The molecular weight excluding hydrogens is 268 g/mol. The predicted octanol–water partition coefficient (Wildman–Crippen LogP) is 2.11. The van der Waals surface area contributed by atoms with Crippen molar-refractivity contribution in [3.8, 4) is 5.69 Å². The first kappa shape index (κ1) is 15.1. The van der Waals surface area contributed by atoms with E-state index in [2.05, 4.69) is 10.4 Å². The van der Waals surface area contributed by atoms with Crippen LogP contribution >= 0.6 is 0 Å². The highest BCUT2D eigenvalue weighted by atomic mass is 16.3. The van der Waals surface area contributed by atoms with Crippen molar-refractivity contribution < 1.29 is 9.90 Å². The van der Waals surface area contributed by atoms with E-state index >= 15 is 0 Å². The number of amides is 2. The molecule has 0 spiro atoms. The zero-order chi connectivity index (χ0) is 15.1. The fourth-order valence-corrected chi connectivity index (χ4v) is 2.09. The zero-order valence-electron chi connectivity index (χ0n) is 12.1. The fraction of sp³-hybridized carbons (Fsp3) is 0.333. The van der Waals surface area contributed by atoms with Gasteiger partial charge < -0.3 is 15.3 Å². The summed E-state index contributed by atoms with van der Waals surface area (Å²) in [5, 5.41) is 16.1. The third-order valence-electron chi connectivity index (χ3n) is 3.05. The van der Waals surface area contributed by atoms with E-state index in [9.17, 15) is 4.79 Å². The topological polar surface area (TPSA) is 70.4 Å². The number of hydrogen-bond acceptors (Lipinski definition) is 3. The Morgan fingerprint density at radius 2 is 2.14 bits per heavy atom. The number of hydrogen-bond donors (Lipinski definition) is 2. The van der Waals surface area contributed by atoms with Crippen molar-refractivity contribution in [2.75, 3.05) is 25.0 Å². The smallest absolute Gasteiger partial charge is 0.321 e. The standard InChI is InChI=1S/C15H20N4O2/c1-2-9-18(11-12-20)15(21)17-13-6-3-4-7-14(13)19-10-5-8-16-19/h3-8,10,20H,2,9,11-12H2,1H3,(H,17,21). The normalized spacial score (nSPS) is 10.4. The van der Waals surface area contributed by atoms with Crippen LogP contribution in [0.1, 0.15) is 13.3 Å². The molecule has 2 amide bonds. The Bertz CT molecular complexity index is 563. The van der Waals surface area contributed by atoms with Crippen molar-refractivity contribution in [3.05, 3.63) is 42.7 Å². The maximum Gasteiger partial charge on any atom is 0.321 e. The van der Waals surface area contributed by atoms with Crippen LogP contribution in [0.4, 0.5) is 10.5 Å². The van der Waals surface area contributed by atoms with Crippen LogP contribution in [0.5, 0.6) is 0 Å². The van der Waals surface area contributed by atoms with Gasteiger partial charge in [-0.05, 0) is 24.6 Å². The first-order chi connectivity index (χ1) is 10.3. The van der Waals surface area contributed by atoms with Gasteiger partial charge in [-0.3, -0.25) is 0 Å². The molecule has 0 radical (unpaired) electrons. The van der Waals surface area contributed by atoms with Crippen LogP contribution in [0.15, 0.2) is 42.7 Å². The summed E-state index contributed by atoms with van der Waals surface area (Å²) in [5.41, 5.74) is 1.49. The van der Waals surface area contributed by atoms with Crippen molar-refractivity contribution in [1.82, 2.24) is 14.7 Å². The molecule has 1 heterocycles. The second kappa shape index (κ2) is 7.44. The number of anilines is 1. The van der Waals surface area contributed by atoms with E-state index in [1.165, 1.54) is 0 Å². The van der Waals surface area contributed by atoms with Gasteiger partial charge in [0.25, 0.3) is 0 Å². The van der Waals surface area contributed by atoms with Gasteiger partial charge in [0.1, 0.15) is 0 Å². The lowest BCUT2D eigenvalue weighted by Gasteiger charge is -2.22. The Morgan fingerprint density at radius 3 is 2.81 bits per heavy atom. The Balaban J connectivity index is 2.17. The van der Waals surface area contributed by atoms with Crippen LogP contribution in [0.3, 0.4) is 0 Å². The number of nitrogens with one attached hydrogen (secondary N) is 1. The minimum absolute atomic E-state index is 0.0474. The number of aromatic nitrogens is 2. The lowest BCUT2D eigenvalue weighted by Crippen LogP contribution is -2.37. The van der Waals surface area contributed by atoms with Crippen molar-refractivity contribution in [3.63, 3.8) is 0 Å². The Labute approximate surface area is 124 Å². The van der Waals surface area contributed by atoms with E-state index in [1.54, 1.807) is 15.8 Å². The lowest BCUT2D eigenvalue weighted by molar-refractivity contribution is 0.188. The number of para-hydroxylation sites is 2. The summed E-state index contributed by atoms with van der Waals surface area (Å²) in [4.78, 5) is 13.9. The molecular formula is C15H20N4O2. The van der Waals surface area contributed by atoms with Crippen molar-refractivity contribution in [2.24, 2.45) is 0 Å². The summed E-state index contributed by atoms with van der Waals surface area (Å²) >= 11 is 0. The van der Waals surface area contributed by atoms with E-state index in [0.717, 1.165) is 12.1 Å². The number of rotatable bonds is 6. The van der Waals surface area contributed by atoms with E-state index in [0.29, 0.717) is 18.8 Å². The number of aliphatic hydroxyl groups is 1. The van der Waals surface area contributed by atoms with Gasteiger partial charge in [0.2, 0.25) is 0 Å². The number of urea groups is 1. The second-order valence-corrected chi connectivity index (χ2v) is 4.61. The quantitative estimate of drug-likeness (QED) is 0.855. The van der Waals surface area contributed by atoms with E-state index in [4.69, 9.17) is 5.11 Å². The van der Waals surface area contributed by atoms with Crippen LogP contribution in [0.2, 0.25) is 0 Å². The third-order valence-corrected chi connectivity index (χ3v) is 3.05. The van der Waals surface area contributed by atoms with E-state index < -0.39 is 0 Å². The average Bonchev–Trinajstić information content (AvgIpc) is 3.01. The maximum atomic E-state index is 12.3. The molecule has 2 aromatic rings. The van der Waals surface area contributed by atoms with Gasteiger partial charge >= 0.3 is 6.03 Å². The molecule has 6 heteroatoms. The Morgan fingerprint density at radius 1 is 1.33 bits per heavy atom. The lowest BCUT2D eigenvalue weighted by atomic mass is 10.2. The van der Waals surface area contributed by atoms with Crippen LogP contribution < -0.4 is 5.32 Å². The molecule has 1 aromatic carbocycles. The van der Waals surface area contributed by atoms with Gasteiger partial charge in [-0.2, -0.15) is 5.10 Å². The maximum absolute atomic E-state index is 12.3. The minimum atomic E-state index is -0.217. The number of nitrogens with zero attached hydrogens (tertiary/aromatic N) is 3. The molecule has 1 aromatic heterocycles. The SMILES string of the molecule is CCCN(CCO)C(=O)Nc1ccccc1-n1cccn1. The van der Waals surface area contributed by atoms with Gasteiger partial charge in [-0.15, -0.1) is 0 Å². The highest BCUT2D eigenvalue weighted by Gasteiger charge is 2.14. The molecule has 112 valence electrons. The number of carbonyl (C=O) groups is 1. The first-order valence-electron chi connectivity index (χ1n) is 7.02. The largest absolute Gasteiger partial charge is 0.395 e. The van der Waals surface area contributed by atoms with Crippen LogP contribution in [0.25, 0.3) is 5.69 Å². The zero-order valence-corrected chi connectivity index (χ0v) is 12.1. The fourth-order valence-electron chi connectivity index (χ4n) is 2.09. The minimum Gasteiger partial charge on any atom is -0.395 e. The van der Waals surface area contributed by atoms with Crippen molar-refractivity contribution >= 4 is 11.7 Å². The summed E-state index contributed by atoms with van der Waals surface area (Å²) in [6.45, 7) is 2.88. The first-order valence-corrected chi connectivity index (χ1v) is 7.02. The second-order valence-electron chi connectivity index (χ2n) is 4.61. The van der Waals surface area contributed by atoms with Gasteiger partial charge in [0.15, 0.2) is 0 Å². The Kier molecular flexibility index (Phi) is 5.34. The van der Waals surface area contributed by atoms with Gasteiger partial charge in [0.05, 0.1) is 18.0 Å². The van der Waals surface area contributed by atoms with Gasteiger partial charge in [-0.25, -0.2) is 9.48 Å². The van der Waals surface area contributed by atoms with E-state index in [1.807, 2.05) is 43.5 Å².